The number of carbonyl (C=O) groups is 4. The Hall–Kier alpha value is -5.15. The second-order valence-electron chi connectivity index (χ2n) is 11.9. The smallest absolute Gasteiger partial charge is 0.408 e. The summed E-state index contributed by atoms with van der Waals surface area (Å²) in [6.07, 6.45) is 0.691. The molecule has 1 amide bonds. The van der Waals surface area contributed by atoms with E-state index >= 15 is 0 Å². The molecule has 3 rings (SSSR count). The molecule has 0 saturated carbocycles. The Morgan fingerprint density at radius 2 is 1.70 bits per heavy atom. The first-order chi connectivity index (χ1) is 22.0. The van der Waals surface area contributed by atoms with Crippen molar-refractivity contribution in [2.45, 2.75) is 64.6 Å². The largest absolute Gasteiger partial charge is 0.495 e. The average Bonchev–Trinajstić information content (AvgIpc) is 3.00. The minimum Gasteiger partial charge on any atom is -0.495 e. The van der Waals surface area contributed by atoms with Gasteiger partial charge in [0.15, 0.2) is 11.3 Å². The van der Waals surface area contributed by atoms with E-state index in [1.54, 1.807) is 58.0 Å². The van der Waals surface area contributed by atoms with Crippen molar-refractivity contribution in [1.29, 1.82) is 5.26 Å². The van der Waals surface area contributed by atoms with Gasteiger partial charge in [-0.2, -0.15) is 5.26 Å². The molecule has 1 aromatic heterocycles. The summed E-state index contributed by atoms with van der Waals surface area (Å²) in [7, 11) is 1.42. The van der Waals surface area contributed by atoms with Gasteiger partial charge in [-0.05, 0) is 70.0 Å². The van der Waals surface area contributed by atoms with Crippen molar-refractivity contribution in [3.63, 3.8) is 0 Å². The number of carboxylic acids is 1. The van der Waals surface area contributed by atoms with Crippen LogP contribution in [0.4, 0.5) is 4.79 Å². The molecule has 3 aromatic rings. The van der Waals surface area contributed by atoms with Gasteiger partial charge in [-0.15, -0.1) is 0 Å². The molecule has 12 nitrogen and oxygen atoms in total. The number of hydrogen-bond donors (Lipinski definition) is 2. The van der Waals surface area contributed by atoms with Gasteiger partial charge in [-0.1, -0.05) is 30.7 Å². The first-order valence-corrected chi connectivity index (χ1v) is 14.9. The number of rotatable bonds is 12. The predicted octanol–water partition coefficient (Wildman–Crippen LogP) is 5.34. The molecule has 0 aliphatic heterocycles. The highest BCUT2D eigenvalue weighted by Gasteiger charge is 2.38. The maximum atomic E-state index is 13.4. The second kappa shape index (κ2) is 15.0. The number of benzene rings is 2. The van der Waals surface area contributed by atoms with Crippen LogP contribution < -0.4 is 15.6 Å². The van der Waals surface area contributed by atoms with Crippen LogP contribution in [-0.4, -0.2) is 58.3 Å². The number of ether oxygens (including phenoxy) is 3. The number of nitriles is 1. The van der Waals surface area contributed by atoms with Crippen molar-refractivity contribution in [3.05, 3.63) is 86.8 Å². The molecule has 0 radical (unpaired) electrons. The zero-order chi connectivity index (χ0) is 35.1. The highest BCUT2D eigenvalue weighted by molar-refractivity contribution is 6.31. The Labute approximate surface area is 276 Å². The maximum absolute atomic E-state index is 13.4. The Balaban J connectivity index is 1.74. The van der Waals surface area contributed by atoms with Crippen LogP contribution in [-0.2, 0) is 25.5 Å². The summed E-state index contributed by atoms with van der Waals surface area (Å²) in [5.41, 5.74) is -1.56. The van der Waals surface area contributed by atoms with Gasteiger partial charge in [0.25, 0.3) is 5.56 Å². The fourth-order valence-electron chi connectivity index (χ4n) is 4.61. The van der Waals surface area contributed by atoms with Crippen LogP contribution in [0.3, 0.4) is 0 Å². The molecule has 0 bridgehead atoms. The topological polar surface area (TPSA) is 174 Å². The van der Waals surface area contributed by atoms with Crippen LogP contribution in [0.25, 0.3) is 11.1 Å². The third kappa shape index (κ3) is 9.20. The molecule has 0 aliphatic carbocycles. The first kappa shape index (κ1) is 36.3. The highest BCUT2D eigenvalue weighted by atomic mass is 35.5. The summed E-state index contributed by atoms with van der Waals surface area (Å²) in [6.45, 7) is 7.13. The van der Waals surface area contributed by atoms with E-state index in [-0.39, 0.29) is 23.5 Å². The first-order valence-electron chi connectivity index (χ1n) is 14.6. The molecule has 1 heterocycles. The molecule has 0 fully saturated rings. The summed E-state index contributed by atoms with van der Waals surface area (Å²) in [4.78, 5) is 63.3. The number of esters is 1. The summed E-state index contributed by atoms with van der Waals surface area (Å²) < 4.78 is 17.1. The number of Topliss-reactive ketones (excluding diaryl/α,β-unsaturated/α-hetero) is 1. The molecular formula is C34H36ClN3O9. The molecule has 2 N–H and O–H groups in total. The number of aromatic nitrogens is 1. The monoisotopic (exact) mass is 665 g/mol. The van der Waals surface area contributed by atoms with E-state index in [1.807, 2.05) is 0 Å². The van der Waals surface area contributed by atoms with Gasteiger partial charge in [-0.25, -0.2) is 14.4 Å². The Kier molecular flexibility index (Phi) is 11.6. The third-order valence-corrected chi connectivity index (χ3v) is 7.29. The molecule has 0 aliphatic rings. The number of aliphatic carboxylic acids is 1. The van der Waals surface area contributed by atoms with Crippen molar-refractivity contribution in [2.24, 2.45) is 0 Å². The van der Waals surface area contributed by atoms with Gasteiger partial charge < -0.3 is 29.2 Å². The fourth-order valence-corrected chi connectivity index (χ4v) is 4.78. The van der Waals surface area contributed by atoms with E-state index in [9.17, 15) is 34.3 Å². The van der Waals surface area contributed by atoms with Crippen LogP contribution in [0.15, 0.2) is 59.5 Å². The molecule has 0 saturated heterocycles. The zero-order valence-electron chi connectivity index (χ0n) is 26.9. The number of nitrogens with one attached hydrogen (secondary N) is 1. The van der Waals surface area contributed by atoms with Crippen LogP contribution in [0.2, 0.25) is 5.02 Å². The van der Waals surface area contributed by atoms with E-state index in [0.717, 1.165) is 0 Å². The molecule has 2 aromatic carbocycles. The van der Waals surface area contributed by atoms with E-state index in [4.69, 9.17) is 25.8 Å². The number of methoxy groups -OCH3 is 1. The average molecular weight is 666 g/mol. The van der Waals surface area contributed by atoms with Crippen molar-refractivity contribution in [2.75, 3.05) is 13.7 Å². The van der Waals surface area contributed by atoms with Crippen LogP contribution in [0, 0.1) is 11.3 Å². The van der Waals surface area contributed by atoms with Gasteiger partial charge in [0.1, 0.15) is 18.0 Å². The van der Waals surface area contributed by atoms with E-state index in [1.165, 1.54) is 43.0 Å². The molecular weight excluding hydrogens is 630 g/mol. The van der Waals surface area contributed by atoms with Gasteiger partial charge in [-0.3, -0.25) is 9.59 Å². The number of nitrogens with zero attached hydrogens (tertiary/aromatic N) is 2. The number of hydrogen-bond acceptors (Lipinski definition) is 9. The van der Waals surface area contributed by atoms with E-state index in [2.05, 4.69) is 11.4 Å². The van der Waals surface area contributed by atoms with Gasteiger partial charge >= 0.3 is 18.0 Å². The lowest BCUT2D eigenvalue weighted by Gasteiger charge is -2.28. The summed E-state index contributed by atoms with van der Waals surface area (Å²) >= 11 is 6.14. The second-order valence-corrected chi connectivity index (χ2v) is 12.3. The van der Waals surface area contributed by atoms with Gasteiger partial charge in [0.2, 0.25) is 0 Å². The van der Waals surface area contributed by atoms with Crippen molar-refractivity contribution >= 4 is 35.4 Å². The quantitative estimate of drug-likeness (QED) is 0.240. The number of alkyl carbamates (subject to hydrolysis) is 1. The lowest BCUT2D eigenvalue weighted by Crippen LogP contribution is -2.56. The minimum atomic E-state index is -1.95. The van der Waals surface area contributed by atoms with E-state index < -0.39 is 47.4 Å². The maximum Gasteiger partial charge on any atom is 0.408 e. The van der Waals surface area contributed by atoms with E-state index in [0.29, 0.717) is 33.7 Å². The molecule has 2 atom stereocenters. The molecule has 47 heavy (non-hydrogen) atoms. The zero-order valence-corrected chi connectivity index (χ0v) is 27.6. The number of amides is 1. The predicted molar refractivity (Wildman–Crippen MR) is 173 cm³/mol. The molecule has 0 spiro atoms. The lowest BCUT2D eigenvalue weighted by molar-refractivity contribution is -0.145. The number of pyridine rings is 1. The van der Waals surface area contributed by atoms with Crippen LogP contribution in [0.5, 0.6) is 5.75 Å². The Morgan fingerprint density at radius 3 is 2.26 bits per heavy atom. The van der Waals surface area contributed by atoms with Gasteiger partial charge in [0.05, 0.1) is 36.5 Å². The Bertz CT molecular complexity index is 1770. The standard InChI is InChI=1S/C34H36ClN3O9/c1-7-26(38-18-28(45-6)25(16-29(38)40)24-15-23(35)13-12-22(24)17-36)27(39)14-20-8-10-21(11-9-20)30(41)46-19-34(5,31(42)43)37-32(44)47-33(2,3)4/h8-13,15-16,18,26H,7,14,19H2,1-6H3,(H,37,44)(H,42,43)/t26?,34-/m0/s1. The van der Waals surface area contributed by atoms with Crippen molar-refractivity contribution in [1.82, 2.24) is 9.88 Å². The van der Waals surface area contributed by atoms with Gasteiger partial charge in [0, 0.05) is 28.6 Å². The number of halogens is 1. The number of ketones is 1. The SMILES string of the molecule is CCC(C(=O)Cc1ccc(C(=O)OC[C@](C)(NC(=O)OC(C)(C)C)C(=O)O)cc1)n1cc(OC)c(-c2cc(Cl)ccc2C#N)cc1=O. The number of carboxylic acid groups (broad SMARTS) is 1. The highest BCUT2D eigenvalue weighted by Crippen LogP contribution is 2.33. The van der Waals surface area contributed by atoms with Crippen molar-refractivity contribution in [3.8, 4) is 22.9 Å². The van der Waals surface area contributed by atoms with Crippen LogP contribution >= 0.6 is 11.6 Å². The fraction of sp³-hybridized carbons (Fsp3) is 0.353. The van der Waals surface area contributed by atoms with Crippen LogP contribution in [0.1, 0.15) is 68.6 Å². The third-order valence-electron chi connectivity index (χ3n) is 7.06. The van der Waals surface area contributed by atoms with Crippen molar-refractivity contribution < 1.29 is 38.5 Å². The summed E-state index contributed by atoms with van der Waals surface area (Å²) in [6, 6.07) is 13.2. The lowest BCUT2D eigenvalue weighted by atomic mass is 9.98. The molecule has 248 valence electrons. The summed E-state index contributed by atoms with van der Waals surface area (Å²) in [5.74, 6) is -2.27. The Morgan fingerprint density at radius 1 is 1.04 bits per heavy atom. The number of carbonyl (C=O) groups excluding carboxylic acids is 3. The molecule has 13 heteroatoms. The summed E-state index contributed by atoms with van der Waals surface area (Å²) in [5, 5.41) is 21.8. The molecule has 1 unspecified atom stereocenters. The minimum absolute atomic E-state index is 0.0614. The normalized spacial score (nSPS) is 13.0.